The first kappa shape index (κ1) is 150. The van der Waals surface area contributed by atoms with Gasteiger partial charge in [-0.15, -0.1) is 0 Å². The SMILES string of the molecule is C.[Al].[Mn].[N].[P].[S].[Se].[Si]. The van der Waals surface area contributed by atoms with E-state index in [-0.39, 0.29) is 99.4 Å². The van der Waals surface area contributed by atoms with Crippen molar-refractivity contribution in [2.24, 2.45) is 0 Å². The van der Waals surface area contributed by atoms with Crippen LogP contribution in [-0.4, -0.2) is 45.4 Å². The monoisotopic (exact) mass is 283 g/mol. The zero-order valence-electron chi connectivity index (χ0n) is 3.17. The number of rotatable bonds is 0. The first-order valence-electron chi connectivity index (χ1n) is 0. The average Bonchev–Trinajstić information content (AvgIpc) is 0. The van der Waals surface area contributed by atoms with Crippen LogP contribution in [0.3, 0.4) is 0 Å². The first-order valence-corrected chi connectivity index (χ1v) is 0. The third-order valence-corrected chi connectivity index (χ3v) is 0. The predicted octanol–water partition coefficient (Wildman–Crippen LogP) is 0.520. The summed E-state index contributed by atoms with van der Waals surface area (Å²) in [6.45, 7) is 0. The van der Waals surface area contributed by atoms with E-state index in [9.17, 15) is 0 Å². The molecule has 0 aromatic rings. The molecule has 0 amide bonds. The second-order valence-electron chi connectivity index (χ2n) is 0. The molecule has 1 nitrogen and oxygen atoms in total. The van der Waals surface area contributed by atoms with Gasteiger partial charge in [0.25, 0.3) is 0 Å². The Kier molecular flexibility index (Phi) is 2030. The van der Waals surface area contributed by atoms with Crippen LogP contribution in [0.1, 0.15) is 7.43 Å². The van der Waals surface area contributed by atoms with Crippen LogP contribution >= 0.6 is 23.4 Å². The van der Waals surface area contributed by atoms with Gasteiger partial charge in [-0.3, -0.25) is 0 Å². The van der Waals surface area contributed by atoms with Crippen molar-refractivity contribution < 1.29 is 17.1 Å². The molecule has 18 radical (unpaired) electrons. The van der Waals surface area contributed by atoms with Gasteiger partial charge in [-0.1, -0.05) is 7.43 Å². The summed E-state index contributed by atoms with van der Waals surface area (Å²) >= 11 is 0. The summed E-state index contributed by atoms with van der Waals surface area (Å²) in [5.74, 6) is 0. The maximum Gasteiger partial charge on any atom is 0 e. The molecule has 0 atom stereocenters. The van der Waals surface area contributed by atoms with Crippen molar-refractivity contribution in [3.8, 4) is 0 Å². The molecule has 0 spiro atoms. The van der Waals surface area contributed by atoms with Gasteiger partial charge in [0.1, 0.15) is 0 Å². The summed E-state index contributed by atoms with van der Waals surface area (Å²) < 4.78 is 0. The van der Waals surface area contributed by atoms with E-state index in [0.717, 1.165) is 0 Å². The number of nitrogens with zero attached hydrogens (tertiary/aromatic N) is 1. The molecule has 44 valence electrons. The Morgan fingerprint density at radius 1 is 1.00 bits per heavy atom. The van der Waals surface area contributed by atoms with E-state index in [4.69, 9.17) is 0 Å². The van der Waals surface area contributed by atoms with Crippen LogP contribution in [0.15, 0.2) is 0 Å². The maximum atomic E-state index is 0. The Morgan fingerprint density at radius 3 is 1.00 bits per heavy atom. The standard InChI is InChI=1S/CH4.Al.Mn.N.P.S.Se.Si/h1H4;;;;;;;. The van der Waals surface area contributed by atoms with Gasteiger partial charge in [-0.2, -0.15) is 0 Å². The zero-order chi connectivity index (χ0) is 0. The van der Waals surface area contributed by atoms with Crippen LogP contribution in [0.5, 0.6) is 0 Å². The van der Waals surface area contributed by atoms with Crippen molar-refractivity contribution >= 4 is 68.8 Å². The molecule has 0 fully saturated rings. The normalized spacial score (nSPS) is 0. The third kappa shape index (κ3) is 75.6. The minimum absolute atomic E-state index is 0. The Labute approximate surface area is 98.7 Å². The van der Waals surface area contributed by atoms with Gasteiger partial charge in [-0.25, -0.2) is 0 Å². The maximum absolute atomic E-state index is 0. The summed E-state index contributed by atoms with van der Waals surface area (Å²) in [4.78, 5) is 0. The van der Waals surface area contributed by atoms with Gasteiger partial charge in [0, 0.05) is 92.0 Å². The molecule has 0 saturated heterocycles. The Hall–Kier alpha value is 2.53. The van der Waals surface area contributed by atoms with Gasteiger partial charge < -0.3 is 0 Å². The van der Waals surface area contributed by atoms with Crippen LogP contribution in [-0.2, 0) is 17.1 Å². The summed E-state index contributed by atoms with van der Waals surface area (Å²) in [5.41, 5.74) is 0. The van der Waals surface area contributed by atoms with Crippen molar-refractivity contribution in [1.29, 1.82) is 0 Å². The molecule has 0 heterocycles. The van der Waals surface area contributed by atoms with Crippen molar-refractivity contribution in [2.45, 2.75) is 7.43 Å². The van der Waals surface area contributed by atoms with Gasteiger partial charge >= 0.3 is 0 Å². The topological polar surface area (TPSA) is 30.5 Å². The van der Waals surface area contributed by atoms with E-state index < -0.39 is 0 Å². The molecule has 7 heteroatoms. The van der Waals surface area contributed by atoms with Crippen LogP contribution in [0.4, 0.5) is 0 Å². The molecule has 8 heavy (non-hydrogen) atoms. The largest absolute Gasteiger partial charge is 0.0776 e. The average molecular weight is 282 g/mol. The van der Waals surface area contributed by atoms with Crippen molar-refractivity contribution in [3.63, 3.8) is 0 Å². The molecule has 0 aliphatic carbocycles. The third-order valence-electron chi connectivity index (χ3n) is 0. The van der Waals surface area contributed by atoms with Crippen molar-refractivity contribution in [3.05, 3.63) is 0 Å². The molecule has 0 aromatic heterocycles. The van der Waals surface area contributed by atoms with Crippen LogP contribution in [0.25, 0.3) is 0 Å². The van der Waals surface area contributed by atoms with E-state index in [0.29, 0.717) is 0 Å². The summed E-state index contributed by atoms with van der Waals surface area (Å²) in [6, 6.07) is 0. The molecule has 0 saturated carbocycles. The minimum atomic E-state index is 0. The zero-order valence-corrected chi connectivity index (χ0v) is 9.93. The summed E-state index contributed by atoms with van der Waals surface area (Å²) in [6.07, 6.45) is 0. The Bertz CT molecular complexity index is 24.0. The molecular weight excluding hydrogens is 278 g/mol. The second kappa shape index (κ2) is 108. The van der Waals surface area contributed by atoms with E-state index in [2.05, 4.69) is 0 Å². The Morgan fingerprint density at radius 2 is 1.00 bits per heavy atom. The van der Waals surface area contributed by atoms with E-state index in [1.54, 1.807) is 0 Å². The van der Waals surface area contributed by atoms with E-state index in [1.807, 2.05) is 0 Å². The molecule has 0 unspecified atom stereocenters. The van der Waals surface area contributed by atoms with E-state index >= 15 is 0 Å². The summed E-state index contributed by atoms with van der Waals surface area (Å²) in [5, 5.41) is 0. The van der Waals surface area contributed by atoms with Gasteiger partial charge in [0.05, 0.1) is 0 Å². The Balaban J connectivity index is 0. The van der Waals surface area contributed by atoms with Gasteiger partial charge in [0.15, 0.2) is 0 Å². The van der Waals surface area contributed by atoms with Crippen LogP contribution in [0.2, 0.25) is 0 Å². The smallest absolute Gasteiger partial charge is 0 e. The fraction of sp³-hybridized carbons (Fsp3) is 1.00. The molecule has 0 aliphatic heterocycles. The fourth-order valence-electron chi connectivity index (χ4n) is 0. The predicted molar refractivity (Wildman–Crippen MR) is 40.6 cm³/mol. The quantitative estimate of drug-likeness (QED) is 0.458. The van der Waals surface area contributed by atoms with Gasteiger partial charge in [0.2, 0.25) is 0 Å². The molecule has 0 aliphatic rings. The summed E-state index contributed by atoms with van der Waals surface area (Å²) in [7, 11) is 0. The van der Waals surface area contributed by atoms with E-state index in [1.165, 1.54) is 0 Å². The fourth-order valence-corrected chi connectivity index (χ4v) is 0. The molecular formula is CH4AlMnNPSSeSi. The first-order chi connectivity index (χ1) is 0. The minimum Gasteiger partial charge on any atom is -0.0776 e. The van der Waals surface area contributed by atoms with Crippen LogP contribution < -0.4 is 6.15 Å². The molecule has 0 N–H and O–H groups in total. The molecule has 0 rings (SSSR count). The molecule has 0 bridgehead atoms. The van der Waals surface area contributed by atoms with Crippen molar-refractivity contribution in [2.75, 3.05) is 0 Å². The second-order valence-corrected chi connectivity index (χ2v) is 0. The van der Waals surface area contributed by atoms with Gasteiger partial charge in [-0.05, 0) is 0 Å². The molecule has 0 aromatic carbocycles. The van der Waals surface area contributed by atoms with Crippen LogP contribution in [0, 0.1) is 0 Å². The number of hydrogen-bond donors (Lipinski definition) is 0. The number of hydrogen-bond acceptors (Lipinski definition) is 0. The van der Waals surface area contributed by atoms with Crippen molar-refractivity contribution in [1.82, 2.24) is 6.15 Å².